The van der Waals surface area contributed by atoms with E-state index in [1.165, 1.54) is 5.56 Å². The molecular weight excluding hydrogens is 248 g/mol. The predicted molar refractivity (Wildman–Crippen MR) is 82.0 cm³/mol. The van der Waals surface area contributed by atoms with E-state index in [4.69, 9.17) is 0 Å². The van der Waals surface area contributed by atoms with Crippen molar-refractivity contribution < 1.29 is 4.79 Å². The van der Waals surface area contributed by atoms with Crippen LogP contribution in [0, 0.1) is 5.92 Å². The Bertz CT molecular complexity index is 478. The van der Waals surface area contributed by atoms with E-state index in [9.17, 15) is 4.79 Å². The van der Waals surface area contributed by atoms with Crippen molar-refractivity contribution in [1.82, 2.24) is 4.90 Å². The van der Waals surface area contributed by atoms with Crippen LogP contribution in [0.25, 0.3) is 0 Å². The van der Waals surface area contributed by atoms with Crippen LogP contribution in [0.3, 0.4) is 0 Å². The van der Waals surface area contributed by atoms with Crippen LogP contribution >= 0.6 is 0 Å². The minimum atomic E-state index is 0.326. The van der Waals surface area contributed by atoms with Crippen LogP contribution < -0.4 is 4.90 Å². The van der Waals surface area contributed by atoms with Gasteiger partial charge < -0.3 is 9.80 Å². The maximum Gasteiger partial charge on any atom is 0.227 e. The number of anilines is 1. The van der Waals surface area contributed by atoms with E-state index in [0.29, 0.717) is 11.8 Å². The maximum absolute atomic E-state index is 12.6. The van der Waals surface area contributed by atoms with Gasteiger partial charge in [0.25, 0.3) is 0 Å². The molecule has 1 fully saturated rings. The number of hydrogen-bond donors (Lipinski definition) is 0. The third-order valence-electron chi connectivity index (χ3n) is 4.71. The van der Waals surface area contributed by atoms with Crippen LogP contribution in [0.1, 0.15) is 31.2 Å². The summed E-state index contributed by atoms with van der Waals surface area (Å²) in [5.74, 6) is 0.902. The smallest absolute Gasteiger partial charge is 0.227 e. The lowest BCUT2D eigenvalue weighted by molar-refractivity contribution is -0.119. The highest BCUT2D eigenvalue weighted by Crippen LogP contribution is 2.29. The molecule has 0 radical (unpaired) electrons. The van der Waals surface area contributed by atoms with Crippen LogP contribution in [0.4, 0.5) is 5.69 Å². The Morgan fingerprint density at radius 3 is 2.75 bits per heavy atom. The summed E-state index contributed by atoms with van der Waals surface area (Å²) in [7, 11) is 2.17. The number of likely N-dealkylation sites (tertiary alicyclic amines) is 1. The molecule has 3 rings (SSSR count). The van der Waals surface area contributed by atoms with E-state index in [2.05, 4.69) is 30.1 Å². The van der Waals surface area contributed by atoms with Crippen LogP contribution in [0.2, 0.25) is 0 Å². The second-order valence-electron chi connectivity index (χ2n) is 6.23. The first-order valence-corrected chi connectivity index (χ1v) is 7.81. The lowest BCUT2D eigenvalue weighted by Gasteiger charge is -2.33. The first kappa shape index (κ1) is 13.6. The lowest BCUT2D eigenvalue weighted by Crippen LogP contribution is -2.38. The molecule has 0 spiro atoms. The number of fused-ring (bicyclic) bond motifs is 1. The number of amides is 1. The maximum atomic E-state index is 12.6. The van der Waals surface area contributed by atoms with E-state index in [0.717, 1.165) is 57.4 Å². The van der Waals surface area contributed by atoms with Gasteiger partial charge in [0.1, 0.15) is 0 Å². The second-order valence-corrected chi connectivity index (χ2v) is 6.23. The van der Waals surface area contributed by atoms with E-state index in [1.807, 2.05) is 11.0 Å². The molecule has 0 N–H and O–H groups in total. The summed E-state index contributed by atoms with van der Waals surface area (Å²) in [6.07, 6.45) is 5.25. The molecule has 0 bridgehead atoms. The molecule has 0 aromatic heterocycles. The van der Waals surface area contributed by atoms with E-state index >= 15 is 0 Å². The number of benzene rings is 1. The molecule has 1 amide bonds. The Kier molecular flexibility index (Phi) is 4.06. The second kappa shape index (κ2) is 5.96. The number of piperidine rings is 1. The van der Waals surface area contributed by atoms with Crippen LogP contribution in [-0.2, 0) is 11.2 Å². The van der Waals surface area contributed by atoms with Crippen molar-refractivity contribution in [2.24, 2.45) is 5.92 Å². The van der Waals surface area contributed by atoms with Crippen molar-refractivity contribution in [1.29, 1.82) is 0 Å². The number of carbonyl (C=O) groups excluding carboxylic acids is 1. The molecule has 1 aromatic rings. The molecule has 108 valence electrons. The molecule has 3 nitrogen and oxygen atoms in total. The number of para-hydroxylation sites is 1. The standard InChI is InChI=1S/C17H24N2O/c1-18-11-8-14(9-12-18)13-17(20)19-10-4-6-15-5-2-3-7-16(15)19/h2-3,5,7,14H,4,6,8-13H2,1H3. The summed E-state index contributed by atoms with van der Waals surface area (Å²) in [6.45, 7) is 3.16. The monoisotopic (exact) mass is 272 g/mol. The van der Waals surface area contributed by atoms with Crippen molar-refractivity contribution in [2.45, 2.75) is 32.1 Å². The normalized spacial score (nSPS) is 20.8. The van der Waals surface area contributed by atoms with Crippen molar-refractivity contribution in [3.05, 3.63) is 29.8 Å². The number of carbonyl (C=O) groups is 1. The Balaban J connectivity index is 1.66. The molecule has 1 aromatic carbocycles. The lowest BCUT2D eigenvalue weighted by atomic mass is 9.92. The molecule has 2 aliphatic heterocycles. The summed E-state index contributed by atoms with van der Waals surface area (Å²) < 4.78 is 0. The van der Waals surface area contributed by atoms with Gasteiger partial charge in [-0.3, -0.25) is 4.79 Å². The molecule has 20 heavy (non-hydrogen) atoms. The van der Waals surface area contributed by atoms with Gasteiger partial charge in [0, 0.05) is 18.7 Å². The fraction of sp³-hybridized carbons (Fsp3) is 0.588. The summed E-state index contributed by atoms with van der Waals surface area (Å²) >= 11 is 0. The first-order valence-electron chi connectivity index (χ1n) is 7.81. The minimum Gasteiger partial charge on any atom is -0.312 e. The largest absolute Gasteiger partial charge is 0.312 e. The molecule has 0 atom stereocenters. The Hall–Kier alpha value is -1.35. The number of nitrogens with zero attached hydrogens (tertiary/aromatic N) is 2. The Morgan fingerprint density at radius 2 is 1.95 bits per heavy atom. The minimum absolute atomic E-state index is 0.326. The van der Waals surface area contributed by atoms with Gasteiger partial charge in [-0.15, -0.1) is 0 Å². The average Bonchev–Trinajstić information content (AvgIpc) is 2.49. The van der Waals surface area contributed by atoms with Gasteiger partial charge in [-0.25, -0.2) is 0 Å². The zero-order valence-corrected chi connectivity index (χ0v) is 12.3. The molecule has 1 saturated heterocycles. The fourth-order valence-corrected chi connectivity index (χ4v) is 3.42. The number of rotatable bonds is 2. The fourth-order valence-electron chi connectivity index (χ4n) is 3.42. The van der Waals surface area contributed by atoms with Gasteiger partial charge in [-0.1, -0.05) is 18.2 Å². The van der Waals surface area contributed by atoms with E-state index in [-0.39, 0.29) is 0 Å². The van der Waals surface area contributed by atoms with E-state index < -0.39 is 0 Å². The van der Waals surface area contributed by atoms with Crippen molar-refractivity contribution in [3.8, 4) is 0 Å². The van der Waals surface area contributed by atoms with Crippen molar-refractivity contribution >= 4 is 11.6 Å². The summed E-state index contributed by atoms with van der Waals surface area (Å²) in [4.78, 5) is 17.0. The van der Waals surface area contributed by atoms with Gasteiger partial charge in [-0.2, -0.15) is 0 Å². The van der Waals surface area contributed by atoms with Crippen molar-refractivity contribution in [3.63, 3.8) is 0 Å². The zero-order valence-electron chi connectivity index (χ0n) is 12.3. The van der Waals surface area contributed by atoms with Gasteiger partial charge in [0.05, 0.1) is 0 Å². The third-order valence-corrected chi connectivity index (χ3v) is 4.71. The first-order chi connectivity index (χ1) is 9.74. The molecule has 0 unspecified atom stereocenters. The molecule has 3 heteroatoms. The zero-order chi connectivity index (χ0) is 13.9. The highest BCUT2D eigenvalue weighted by molar-refractivity contribution is 5.94. The summed E-state index contributed by atoms with van der Waals surface area (Å²) in [5, 5.41) is 0. The number of aryl methyl sites for hydroxylation is 1. The highest BCUT2D eigenvalue weighted by atomic mass is 16.2. The average molecular weight is 272 g/mol. The topological polar surface area (TPSA) is 23.6 Å². The summed E-state index contributed by atoms with van der Waals surface area (Å²) in [5.41, 5.74) is 2.48. The van der Waals surface area contributed by atoms with E-state index in [1.54, 1.807) is 0 Å². The Labute approximate surface area is 121 Å². The molecule has 2 heterocycles. The van der Waals surface area contributed by atoms with Gasteiger partial charge in [-0.05, 0) is 63.4 Å². The predicted octanol–water partition coefficient (Wildman–Crippen LogP) is 2.70. The van der Waals surface area contributed by atoms with Gasteiger partial charge in [0.15, 0.2) is 0 Å². The number of hydrogen-bond acceptors (Lipinski definition) is 2. The van der Waals surface area contributed by atoms with Gasteiger partial charge in [0.2, 0.25) is 5.91 Å². The Morgan fingerprint density at radius 1 is 1.20 bits per heavy atom. The highest BCUT2D eigenvalue weighted by Gasteiger charge is 2.26. The molecule has 2 aliphatic rings. The molecular formula is C17H24N2O. The van der Waals surface area contributed by atoms with Crippen LogP contribution in [0.5, 0.6) is 0 Å². The van der Waals surface area contributed by atoms with Crippen LogP contribution in [0.15, 0.2) is 24.3 Å². The molecule has 0 aliphatic carbocycles. The SMILES string of the molecule is CN1CCC(CC(=O)N2CCCc3ccccc32)CC1. The van der Waals surface area contributed by atoms with Gasteiger partial charge >= 0.3 is 0 Å². The van der Waals surface area contributed by atoms with Crippen molar-refractivity contribution in [2.75, 3.05) is 31.6 Å². The summed E-state index contributed by atoms with van der Waals surface area (Å²) in [6, 6.07) is 8.37. The van der Waals surface area contributed by atoms with Crippen LogP contribution in [-0.4, -0.2) is 37.5 Å². The third kappa shape index (κ3) is 2.88. The molecule has 0 saturated carbocycles. The quantitative estimate of drug-likeness (QED) is 0.826.